The van der Waals surface area contributed by atoms with Gasteiger partial charge >= 0.3 is 0 Å². The molecule has 0 saturated carbocycles. The SMILES string of the molecule is CC.CCOc1ccc(Cc2cc(C3(OC)O[C@H](CC)C[C@H](O)[C@H]3O)ccc2C)cc1. The van der Waals surface area contributed by atoms with E-state index in [4.69, 9.17) is 14.2 Å². The molecule has 3 rings (SSSR count). The van der Waals surface area contributed by atoms with Crippen LogP contribution in [-0.2, 0) is 21.7 Å². The molecule has 2 aromatic rings. The van der Waals surface area contributed by atoms with E-state index in [2.05, 4.69) is 19.1 Å². The maximum absolute atomic E-state index is 10.8. The van der Waals surface area contributed by atoms with Crippen molar-refractivity contribution in [1.29, 1.82) is 0 Å². The fourth-order valence-corrected chi connectivity index (χ4v) is 3.96. The second-order valence-corrected chi connectivity index (χ2v) is 7.66. The Hall–Kier alpha value is -1.92. The first-order valence-corrected chi connectivity index (χ1v) is 11.3. The lowest BCUT2D eigenvalue weighted by atomic mass is 9.87. The summed E-state index contributed by atoms with van der Waals surface area (Å²) < 4.78 is 17.4. The fraction of sp³-hybridized carbons (Fsp3) is 0.538. The highest BCUT2D eigenvalue weighted by molar-refractivity contribution is 5.39. The minimum Gasteiger partial charge on any atom is -0.494 e. The molecule has 1 unspecified atom stereocenters. The molecule has 1 aliphatic rings. The van der Waals surface area contributed by atoms with Crippen LogP contribution in [0.15, 0.2) is 42.5 Å². The number of benzene rings is 2. The number of aryl methyl sites for hydroxylation is 1. The molecule has 172 valence electrons. The standard InChI is InChI=1S/C24H32O5.C2H6/c1-5-20-15-22(25)23(26)24(27-4,29-20)19-10-7-16(3)18(14-19)13-17-8-11-21(12-9-17)28-6-2;1-2/h7-12,14,20,22-23,25-26H,5-6,13,15H2,1-4H3;1-2H3/t20-,22+,23-,24?;/m1./s1. The van der Waals surface area contributed by atoms with Gasteiger partial charge in [0, 0.05) is 19.1 Å². The Morgan fingerprint density at radius 3 is 2.32 bits per heavy atom. The molecule has 0 spiro atoms. The number of ether oxygens (including phenoxy) is 3. The van der Waals surface area contributed by atoms with Crippen LogP contribution in [0, 0.1) is 6.92 Å². The molecule has 0 amide bonds. The van der Waals surface area contributed by atoms with Crippen LogP contribution in [0.5, 0.6) is 5.75 Å². The Balaban J connectivity index is 0.00000166. The van der Waals surface area contributed by atoms with Gasteiger partial charge in [0.2, 0.25) is 5.79 Å². The van der Waals surface area contributed by atoms with Crippen molar-refractivity contribution in [3.63, 3.8) is 0 Å². The van der Waals surface area contributed by atoms with Crippen molar-refractivity contribution in [2.75, 3.05) is 13.7 Å². The molecule has 0 aromatic heterocycles. The van der Waals surface area contributed by atoms with Crippen molar-refractivity contribution in [3.8, 4) is 5.75 Å². The zero-order valence-electron chi connectivity index (χ0n) is 19.7. The van der Waals surface area contributed by atoms with Crippen LogP contribution >= 0.6 is 0 Å². The lowest BCUT2D eigenvalue weighted by Crippen LogP contribution is -2.56. The van der Waals surface area contributed by atoms with Gasteiger partial charge in [-0.2, -0.15) is 0 Å². The summed E-state index contributed by atoms with van der Waals surface area (Å²) in [6.07, 6.45) is -0.361. The van der Waals surface area contributed by atoms with Gasteiger partial charge in [-0.3, -0.25) is 0 Å². The molecule has 1 aliphatic heterocycles. The largest absolute Gasteiger partial charge is 0.494 e. The summed E-state index contributed by atoms with van der Waals surface area (Å²) in [7, 11) is 1.51. The lowest BCUT2D eigenvalue weighted by molar-refractivity contribution is -0.342. The average molecular weight is 431 g/mol. The first kappa shape index (κ1) is 25.3. The minimum atomic E-state index is -1.38. The molecule has 1 fully saturated rings. The van der Waals surface area contributed by atoms with Gasteiger partial charge in [0.15, 0.2) is 0 Å². The second-order valence-electron chi connectivity index (χ2n) is 7.66. The molecular formula is C26H38O5. The highest BCUT2D eigenvalue weighted by atomic mass is 16.7. The van der Waals surface area contributed by atoms with E-state index in [9.17, 15) is 10.2 Å². The van der Waals surface area contributed by atoms with Crippen molar-refractivity contribution < 1.29 is 24.4 Å². The van der Waals surface area contributed by atoms with Crippen LogP contribution in [0.4, 0.5) is 0 Å². The highest BCUT2D eigenvalue weighted by Crippen LogP contribution is 2.40. The zero-order chi connectivity index (χ0) is 23.0. The number of hydrogen-bond donors (Lipinski definition) is 2. The van der Waals surface area contributed by atoms with E-state index in [0.29, 0.717) is 13.0 Å². The fourth-order valence-electron chi connectivity index (χ4n) is 3.96. The molecule has 1 saturated heterocycles. The third kappa shape index (κ3) is 5.66. The van der Waals surface area contributed by atoms with Gasteiger partial charge in [0.05, 0.1) is 18.8 Å². The Morgan fingerprint density at radius 1 is 1.06 bits per heavy atom. The molecule has 4 atom stereocenters. The Kier molecular flexibility index (Phi) is 9.51. The summed E-state index contributed by atoms with van der Waals surface area (Å²) in [5.41, 5.74) is 4.15. The van der Waals surface area contributed by atoms with E-state index < -0.39 is 18.0 Å². The van der Waals surface area contributed by atoms with Gasteiger partial charge in [-0.25, -0.2) is 0 Å². The van der Waals surface area contributed by atoms with E-state index in [1.165, 1.54) is 7.11 Å². The van der Waals surface area contributed by atoms with Crippen molar-refractivity contribution in [2.45, 2.75) is 78.0 Å². The Labute approximate surface area is 187 Å². The van der Waals surface area contributed by atoms with Crippen LogP contribution in [0.3, 0.4) is 0 Å². The van der Waals surface area contributed by atoms with Gasteiger partial charge in [-0.15, -0.1) is 0 Å². The minimum absolute atomic E-state index is 0.177. The molecule has 5 heteroatoms. The third-order valence-corrected chi connectivity index (χ3v) is 5.74. The van der Waals surface area contributed by atoms with Gasteiger partial charge in [0.25, 0.3) is 0 Å². The summed E-state index contributed by atoms with van der Waals surface area (Å²) in [6, 6.07) is 14.0. The number of methoxy groups -OCH3 is 1. The lowest BCUT2D eigenvalue weighted by Gasteiger charge is -2.46. The topological polar surface area (TPSA) is 68.2 Å². The molecular weight excluding hydrogens is 392 g/mol. The highest BCUT2D eigenvalue weighted by Gasteiger charge is 2.50. The molecule has 31 heavy (non-hydrogen) atoms. The van der Waals surface area contributed by atoms with Crippen molar-refractivity contribution >= 4 is 0 Å². The van der Waals surface area contributed by atoms with Crippen molar-refractivity contribution in [3.05, 3.63) is 64.7 Å². The van der Waals surface area contributed by atoms with Crippen molar-refractivity contribution in [2.24, 2.45) is 0 Å². The summed E-state index contributed by atoms with van der Waals surface area (Å²) in [5.74, 6) is -0.516. The first-order valence-electron chi connectivity index (χ1n) is 11.3. The normalized spacial score (nSPS) is 25.5. The number of aliphatic hydroxyl groups excluding tert-OH is 2. The molecule has 0 aliphatic carbocycles. The molecule has 1 heterocycles. The van der Waals surface area contributed by atoms with Gasteiger partial charge in [0.1, 0.15) is 11.9 Å². The quantitative estimate of drug-likeness (QED) is 0.665. The maximum Gasteiger partial charge on any atom is 0.224 e. The van der Waals surface area contributed by atoms with Crippen LogP contribution in [-0.4, -0.2) is 42.2 Å². The van der Waals surface area contributed by atoms with Crippen LogP contribution in [0.25, 0.3) is 0 Å². The van der Waals surface area contributed by atoms with E-state index in [0.717, 1.165) is 40.8 Å². The van der Waals surface area contributed by atoms with Crippen LogP contribution < -0.4 is 4.74 Å². The van der Waals surface area contributed by atoms with E-state index in [1.807, 2.05) is 58.0 Å². The molecule has 0 bridgehead atoms. The summed E-state index contributed by atoms with van der Waals surface area (Å²) in [5, 5.41) is 21.2. The summed E-state index contributed by atoms with van der Waals surface area (Å²) >= 11 is 0. The predicted octanol–water partition coefficient (Wildman–Crippen LogP) is 4.73. The van der Waals surface area contributed by atoms with Crippen LogP contribution in [0.1, 0.15) is 62.8 Å². The second kappa shape index (κ2) is 11.6. The smallest absolute Gasteiger partial charge is 0.224 e. The molecule has 5 nitrogen and oxygen atoms in total. The molecule has 2 N–H and O–H groups in total. The van der Waals surface area contributed by atoms with Gasteiger partial charge in [-0.1, -0.05) is 45.0 Å². The zero-order valence-corrected chi connectivity index (χ0v) is 19.7. The van der Waals surface area contributed by atoms with E-state index in [1.54, 1.807) is 0 Å². The average Bonchev–Trinajstić information content (AvgIpc) is 2.80. The van der Waals surface area contributed by atoms with Gasteiger partial charge < -0.3 is 24.4 Å². The van der Waals surface area contributed by atoms with E-state index in [-0.39, 0.29) is 6.10 Å². The van der Waals surface area contributed by atoms with Crippen LogP contribution in [0.2, 0.25) is 0 Å². The predicted molar refractivity (Wildman–Crippen MR) is 123 cm³/mol. The Bertz CT molecular complexity index is 804. The number of hydrogen-bond acceptors (Lipinski definition) is 5. The third-order valence-electron chi connectivity index (χ3n) is 5.74. The summed E-state index contributed by atoms with van der Waals surface area (Å²) in [4.78, 5) is 0. The monoisotopic (exact) mass is 430 g/mol. The number of aliphatic hydroxyl groups is 2. The Morgan fingerprint density at radius 2 is 1.74 bits per heavy atom. The summed E-state index contributed by atoms with van der Waals surface area (Å²) in [6.45, 7) is 10.7. The van der Waals surface area contributed by atoms with Crippen molar-refractivity contribution in [1.82, 2.24) is 0 Å². The number of rotatable bonds is 7. The molecule has 2 aromatic carbocycles. The maximum atomic E-state index is 10.8. The molecule has 0 radical (unpaired) electrons. The first-order chi connectivity index (χ1) is 14.9. The van der Waals surface area contributed by atoms with E-state index >= 15 is 0 Å². The van der Waals surface area contributed by atoms with Gasteiger partial charge in [-0.05, 0) is 61.6 Å².